The Labute approximate surface area is 233 Å². The quantitative estimate of drug-likeness (QED) is 0.292. The maximum Gasteiger partial charge on any atom is 0.410 e. The minimum atomic E-state index is -0.517. The summed E-state index contributed by atoms with van der Waals surface area (Å²) in [5.41, 5.74) is 0.819. The van der Waals surface area contributed by atoms with Crippen LogP contribution in [0.15, 0.2) is 47.4 Å². The number of nitrogens with zero attached hydrogens (tertiary/aromatic N) is 1. The fraction of sp³-hybridized carbons (Fsp3) is 0.464. The third-order valence-corrected chi connectivity index (χ3v) is 7.33. The molecular formula is C28H37N3O5S2. The molecule has 0 bridgehead atoms. The lowest BCUT2D eigenvalue weighted by Gasteiger charge is -2.29. The number of anilines is 1. The molecule has 10 heteroatoms. The zero-order chi connectivity index (χ0) is 27.9. The number of hydrogen-bond donors (Lipinski definition) is 2. The number of amides is 3. The van der Waals surface area contributed by atoms with E-state index in [-0.39, 0.29) is 12.0 Å². The van der Waals surface area contributed by atoms with E-state index in [1.54, 1.807) is 16.7 Å². The van der Waals surface area contributed by atoms with Gasteiger partial charge in [-0.05, 0) is 89.9 Å². The second-order valence-corrected chi connectivity index (χ2v) is 13.1. The van der Waals surface area contributed by atoms with Crippen molar-refractivity contribution < 1.29 is 23.9 Å². The molecule has 0 saturated heterocycles. The molecular weight excluding hydrogens is 522 g/mol. The van der Waals surface area contributed by atoms with Crippen molar-refractivity contribution in [3.63, 3.8) is 0 Å². The Balaban J connectivity index is 1.45. The molecule has 0 atom stereocenters. The van der Waals surface area contributed by atoms with Crippen LogP contribution in [0.1, 0.15) is 62.5 Å². The normalized spacial score (nSPS) is 13.9. The van der Waals surface area contributed by atoms with E-state index in [4.69, 9.17) is 9.47 Å². The lowest BCUT2D eigenvalue weighted by molar-refractivity contribution is 0.0270. The Kier molecular flexibility index (Phi) is 9.89. The molecule has 8 nitrogen and oxygen atoms in total. The molecule has 1 aromatic heterocycles. The van der Waals surface area contributed by atoms with E-state index < -0.39 is 17.3 Å². The van der Waals surface area contributed by atoms with Crippen LogP contribution in [-0.2, 0) is 9.47 Å². The second-order valence-electron chi connectivity index (χ2n) is 10.8. The summed E-state index contributed by atoms with van der Waals surface area (Å²) >= 11 is 3.05. The SMILES string of the molecule is CC(C)(C)OC(=O)NCCSc1ccc(NC(=O)c2ccc(C3=CCN(C(=O)OC(C)(C)C)CC3)s2)cc1. The van der Waals surface area contributed by atoms with Gasteiger partial charge in [-0.25, -0.2) is 9.59 Å². The molecule has 3 amide bonds. The van der Waals surface area contributed by atoms with Crippen molar-refractivity contribution >= 4 is 52.5 Å². The highest BCUT2D eigenvalue weighted by Crippen LogP contribution is 2.30. The van der Waals surface area contributed by atoms with Gasteiger partial charge in [-0.3, -0.25) is 4.79 Å². The van der Waals surface area contributed by atoms with Gasteiger partial charge in [0, 0.05) is 40.8 Å². The molecule has 38 heavy (non-hydrogen) atoms. The predicted octanol–water partition coefficient (Wildman–Crippen LogP) is 6.64. The summed E-state index contributed by atoms with van der Waals surface area (Å²) in [6.07, 6.45) is 2.02. The average Bonchev–Trinajstić information content (AvgIpc) is 3.31. The van der Waals surface area contributed by atoms with Gasteiger partial charge in [0.25, 0.3) is 5.91 Å². The first kappa shape index (κ1) is 29.6. The number of carbonyl (C=O) groups is 3. The molecule has 0 unspecified atom stereocenters. The Morgan fingerprint density at radius 3 is 2.26 bits per heavy atom. The van der Waals surface area contributed by atoms with Crippen LogP contribution in [-0.4, -0.2) is 59.6 Å². The highest BCUT2D eigenvalue weighted by atomic mass is 32.2. The largest absolute Gasteiger partial charge is 0.444 e. The number of benzene rings is 1. The number of thiophene rings is 1. The Bertz CT molecular complexity index is 1160. The highest BCUT2D eigenvalue weighted by Gasteiger charge is 2.24. The van der Waals surface area contributed by atoms with Crippen LogP contribution >= 0.6 is 23.1 Å². The van der Waals surface area contributed by atoms with Crippen LogP contribution in [0.3, 0.4) is 0 Å². The van der Waals surface area contributed by atoms with Crippen LogP contribution < -0.4 is 10.6 Å². The maximum absolute atomic E-state index is 12.8. The summed E-state index contributed by atoms with van der Waals surface area (Å²) in [6, 6.07) is 11.4. The highest BCUT2D eigenvalue weighted by molar-refractivity contribution is 7.99. The predicted molar refractivity (Wildman–Crippen MR) is 154 cm³/mol. The lowest BCUT2D eigenvalue weighted by atomic mass is 10.1. The average molecular weight is 560 g/mol. The Morgan fingerprint density at radius 2 is 1.66 bits per heavy atom. The van der Waals surface area contributed by atoms with Crippen molar-refractivity contribution in [2.75, 3.05) is 30.7 Å². The smallest absolute Gasteiger partial charge is 0.410 e. The van der Waals surface area contributed by atoms with E-state index in [9.17, 15) is 14.4 Å². The van der Waals surface area contributed by atoms with Gasteiger partial charge in [0.2, 0.25) is 0 Å². The molecule has 1 aliphatic heterocycles. The van der Waals surface area contributed by atoms with E-state index in [1.165, 1.54) is 11.3 Å². The van der Waals surface area contributed by atoms with Crippen LogP contribution in [0.4, 0.5) is 15.3 Å². The van der Waals surface area contributed by atoms with Crippen molar-refractivity contribution in [2.24, 2.45) is 0 Å². The molecule has 2 aromatic rings. The van der Waals surface area contributed by atoms with Crippen LogP contribution in [0.2, 0.25) is 0 Å². The monoisotopic (exact) mass is 559 g/mol. The van der Waals surface area contributed by atoms with Crippen molar-refractivity contribution in [1.82, 2.24) is 10.2 Å². The van der Waals surface area contributed by atoms with Crippen LogP contribution in [0, 0.1) is 0 Å². The van der Waals surface area contributed by atoms with Crippen molar-refractivity contribution in [1.29, 1.82) is 0 Å². The second kappa shape index (κ2) is 12.7. The zero-order valence-corrected chi connectivity index (χ0v) is 24.5. The minimum Gasteiger partial charge on any atom is -0.444 e. The number of thioether (sulfide) groups is 1. The number of carbonyl (C=O) groups excluding carboxylic acids is 3. The third-order valence-electron chi connectivity index (χ3n) is 5.16. The van der Waals surface area contributed by atoms with Crippen molar-refractivity contribution in [3.8, 4) is 0 Å². The van der Waals surface area contributed by atoms with Gasteiger partial charge in [0.1, 0.15) is 11.2 Å². The number of nitrogens with one attached hydrogen (secondary N) is 2. The Morgan fingerprint density at radius 1 is 0.974 bits per heavy atom. The summed E-state index contributed by atoms with van der Waals surface area (Å²) < 4.78 is 10.7. The summed E-state index contributed by atoms with van der Waals surface area (Å²) in [5.74, 6) is 0.545. The van der Waals surface area contributed by atoms with Crippen LogP contribution in [0.5, 0.6) is 0 Å². The standard InChI is InChI=1S/C28H37N3O5S2/c1-27(2,3)35-25(33)29-15-18-37-21-9-7-20(8-10-21)30-24(32)23-12-11-22(38-23)19-13-16-31(17-14-19)26(34)36-28(4,5)6/h7-13H,14-18H2,1-6H3,(H,29,33)(H,30,32). The summed E-state index contributed by atoms with van der Waals surface area (Å²) in [6.45, 7) is 12.6. The lowest BCUT2D eigenvalue weighted by Crippen LogP contribution is -2.39. The number of ether oxygens (including phenoxy) is 2. The fourth-order valence-electron chi connectivity index (χ4n) is 3.48. The first-order valence-corrected chi connectivity index (χ1v) is 14.4. The zero-order valence-electron chi connectivity index (χ0n) is 22.9. The van der Waals surface area contributed by atoms with Gasteiger partial charge >= 0.3 is 12.2 Å². The first-order valence-electron chi connectivity index (χ1n) is 12.6. The fourth-order valence-corrected chi connectivity index (χ4v) is 5.22. The molecule has 3 rings (SSSR count). The summed E-state index contributed by atoms with van der Waals surface area (Å²) in [5, 5.41) is 5.69. The van der Waals surface area contributed by atoms with Gasteiger partial charge in [-0.15, -0.1) is 23.1 Å². The first-order chi connectivity index (χ1) is 17.8. The molecule has 1 aliphatic rings. The molecule has 206 valence electrons. The summed E-state index contributed by atoms with van der Waals surface area (Å²) in [7, 11) is 0. The van der Waals surface area contributed by atoms with E-state index in [1.807, 2.05) is 84.0 Å². The molecule has 0 saturated carbocycles. The van der Waals surface area contributed by atoms with Crippen molar-refractivity contribution in [3.05, 3.63) is 52.2 Å². The van der Waals surface area contributed by atoms with Gasteiger partial charge in [0.15, 0.2) is 0 Å². The molecule has 0 radical (unpaired) electrons. The van der Waals surface area contributed by atoms with Gasteiger partial charge in [-0.1, -0.05) is 6.08 Å². The van der Waals surface area contributed by atoms with E-state index in [2.05, 4.69) is 10.6 Å². The molecule has 0 fully saturated rings. The third kappa shape index (κ3) is 9.72. The Hall–Kier alpha value is -2.98. The maximum atomic E-state index is 12.8. The van der Waals surface area contributed by atoms with Gasteiger partial charge in [-0.2, -0.15) is 0 Å². The molecule has 1 aromatic carbocycles. The van der Waals surface area contributed by atoms with Gasteiger partial charge in [0.05, 0.1) is 4.88 Å². The number of alkyl carbamates (subject to hydrolysis) is 1. The van der Waals surface area contributed by atoms with E-state index in [0.29, 0.717) is 42.4 Å². The summed E-state index contributed by atoms with van der Waals surface area (Å²) in [4.78, 5) is 41.2. The van der Waals surface area contributed by atoms with Gasteiger partial charge < -0.3 is 25.0 Å². The minimum absolute atomic E-state index is 0.157. The topological polar surface area (TPSA) is 97.0 Å². The molecule has 2 heterocycles. The number of rotatable bonds is 7. The van der Waals surface area contributed by atoms with Crippen molar-refractivity contribution in [2.45, 2.75) is 64.1 Å². The number of hydrogen-bond acceptors (Lipinski definition) is 7. The van der Waals surface area contributed by atoms with Crippen LogP contribution in [0.25, 0.3) is 5.57 Å². The molecule has 0 aliphatic carbocycles. The molecule has 2 N–H and O–H groups in total. The van der Waals surface area contributed by atoms with E-state index >= 15 is 0 Å². The van der Waals surface area contributed by atoms with E-state index in [0.717, 1.165) is 15.3 Å². The molecule has 0 spiro atoms.